The Morgan fingerprint density at radius 1 is 1.36 bits per heavy atom. The Labute approximate surface area is 64.3 Å². The van der Waals surface area contributed by atoms with Crippen molar-refractivity contribution in [2.45, 2.75) is 0 Å². The summed E-state index contributed by atoms with van der Waals surface area (Å²) in [5, 5.41) is 8.75. The molecule has 0 saturated heterocycles. The molecule has 1 amide bonds. The number of hydrogen-bond donors (Lipinski definition) is 3. The summed E-state index contributed by atoms with van der Waals surface area (Å²) in [6.45, 7) is 1.15. The molecule has 0 radical (unpaired) electrons. The van der Waals surface area contributed by atoms with E-state index in [9.17, 15) is 4.79 Å². The number of nitrogens with one attached hydrogen (secondary N) is 3. The highest BCUT2D eigenvalue weighted by Crippen LogP contribution is 2.08. The van der Waals surface area contributed by atoms with Gasteiger partial charge < -0.3 is 16.0 Å². The van der Waals surface area contributed by atoms with Gasteiger partial charge in [0.05, 0.1) is 12.2 Å². The van der Waals surface area contributed by atoms with Crippen molar-refractivity contribution in [1.29, 1.82) is 0 Å². The normalized spacial score (nSPS) is 21.6. The Balaban J connectivity index is 2.35. The van der Waals surface area contributed by atoms with Crippen LogP contribution in [0.2, 0.25) is 0 Å². The zero-order valence-corrected chi connectivity index (χ0v) is 5.98. The van der Waals surface area contributed by atoms with Crippen molar-refractivity contribution in [3.05, 3.63) is 23.5 Å². The Morgan fingerprint density at radius 3 is 3.09 bits per heavy atom. The standard InChI is InChI=1S/C7H9N3O/c11-7-5-3-8-2-1-6(5)9-4-10-7/h1-2,8-9H,3-4H2,(H,10,11). The summed E-state index contributed by atoms with van der Waals surface area (Å²) in [5.74, 6) is 0.0237. The fourth-order valence-electron chi connectivity index (χ4n) is 1.19. The van der Waals surface area contributed by atoms with Gasteiger partial charge in [0.15, 0.2) is 0 Å². The highest BCUT2D eigenvalue weighted by atomic mass is 16.2. The minimum absolute atomic E-state index is 0.0237. The van der Waals surface area contributed by atoms with Crippen LogP contribution in [0.3, 0.4) is 0 Å². The molecule has 0 atom stereocenters. The fourth-order valence-corrected chi connectivity index (χ4v) is 1.19. The van der Waals surface area contributed by atoms with Gasteiger partial charge in [0.1, 0.15) is 0 Å². The van der Waals surface area contributed by atoms with Gasteiger partial charge in [-0.2, -0.15) is 0 Å². The Morgan fingerprint density at radius 2 is 2.27 bits per heavy atom. The number of rotatable bonds is 0. The zero-order valence-electron chi connectivity index (χ0n) is 5.98. The minimum Gasteiger partial charge on any atom is -0.386 e. The van der Waals surface area contributed by atoms with Crippen LogP contribution in [-0.4, -0.2) is 19.1 Å². The topological polar surface area (TPSA) is 53.2 Å². The van der Waals surface area contributed by atoms with Crippen LogP contribution in [-0.2, 0) is 4.79 Å². The first-order valence-electron chi connectivity index (χ1n) is 3.53. The van der Waals surface area contributed by atoms with Crippen LogP contribution < -0.4 is 16.0 Å². The predicted octanol–water partition coefficient (Wildman–Crippen LogP) is -0.966. The average molecular weight is 151 g/mol. The van der Waals surface area contributed by atoms with Crippen molar-refractivity contribution in [3.8, 4) is 0 Å². The summed E-state index contributed by atoms with van der Waals surface area (Å²) in [6, 6.07) is 0. The molecule has 2 aliphatic rings. The van der Waals surface area contributed by atoms with Crippen LogP contribution in [0.15, 0.2) is 23.5 Å². The molecule has 3 N–H and O–H groups in total. The molecular formula is C7H9N3O. The van der Waals surface area contributed by atoms with Crippen molar-refractivity contribution >= 4 is 5.91 Å². The third-order valence-electron chi connectivity index (χ3n) is 1.77. The van der Waals surface area contributed by atoms with Crippen molar-refractivity contribution in [1.82, 2.24) is 16.0 Å². The second kappa shape index (κ2) is 2.30. The number of amides is 1. The molecule has 58 valence electrons. The quantitative estimate of drug-likeness (QED) is 0.417. The van der Waals surface area contributed by atoms with E-state index >= 15 is 0 Å². The summed E-state index contributed by atoms with van der Waals surface area (Å²) >= 11 is 0. The summed E-state index contributed by atoms with van der Waals surface area (Å²) in [5.41, 5.74) is 1.73. The maximum absolute atomic E-state index is 11.1. The van der Waals surface area contributed by atoms with E-state index in [0.29, 0.717) is 13.2 Å². The average Bonchev–Trinajstić information content (AvgIpc) is 2.06. The van der Waals surface area contributed by atoms with Gasteiger partial charge in [0.2, 0.25) is 0 Å². The first-order valence-corrected chi connectivity index (χ1v) is 3.53. The molecule has 0 aromatic rings. The smallest absolute Gasteiger partial charge is 0.252 e. The van der Waals surface area contributed by atoms with E-state index in [2.05, 4.69) is 16.0 Å². The highest BCUT2D eigenvalue weighted by molar-refractivity contribution is 5.96. The van der Waals surface area contributed by atoms with E-state index in [1.807, 2.05) is 12.3 Å². The molecule has 0 aliphatic carbocycles. The molecule has 0 fully saturated rings. The summed E-state index contributed by atoms with van der Waals surface area (Å²) < 4.78 is 0. The van der Waals surface area contributed by atoms with Crippen LogP contribution >= 0.6 is 0 Å². The Kier molecular flexibility index (Phi) is 1.31. The molecule has 2 aliphatic heterocycles. The lowest BCUT2D eigenvalue weighted by atomic mass is 10.1. The monoisotopic (exact) mass is 151 g/mol. The van der Waals surface area contributed by atoms with E-state index in [4.69, 9.17) is 0 Å². The van der Waals surface area contributed by atoms with Crippen LogP contribution in [0.25, 0.3) is 0 Å². The lowest BCUT2D eigenvalue weighted by Crippen LogP contribution is -2.44. The van der Waals surface area contributed by atoms with Gasteiger partial charge in [-0.05, 0) is 12.3 Å². The summed E-state index contributed by atoms with van der Waals surface area (Å²) in [7, 11) is 0. The molecule has 0 saturated carbocycles. The van der Waals surface area contributed by atoms with Crippen molar-refractivity contribution in [3.63, 3.8) is 0 Å². The number of hydrogen-bond acceptors (Lipinski definition) is 3. The van der Waals surface area contributed by atoms with Gasteiger partial charge in [-0.15, -0.1) is 0 Å². The van der Waals surface area contributed by atoms with Gasteiger partial charge in [-0.25, -0.2) is 0 Å². The van der Waals surface area contributed by atoms with Crippen LogP contribution in [0.4, 0.5) is 0 Å². The van der Waals surface area contributed by atoms with Gasteiger partial charge in [-0.3, -0.25) is 4.79 Å². The fraction of sp³-hybridized carbons (Fsp3) is 0.286. The molecule has 0 bridgehead atoms. The molecule has 0 unspecified atom stereocenters. The van der Waals surface area contributed by atoms with E-state index in [1.165, 1.54) is 0 Å². The molecule has 2 rings (SSSR count). The van der Waals surface area contributed by atoms with Gasteiger partial charge in [0.25, 0.3) is 5.91 Å². The van der Waals surface area contributed by atoms with Crippen molar-refractivity contribution in [2.24, 2.45) is 0 Å². The zero-order chi connectivity index (χ0) is 7.68. The van der Waals surface area contributed by atoms with Crippen molar-refractivity contribution in [2.75, 3.05) is 13.2 Å². The van der Waals surface area contributed by atoms with Gasteiger partial charge in [0, 0.05) is 12.2 Å². The van der Waals surface area contributed by atoms with Crippen molar-refractivity contribution < 1.29 is 4.79 Å². The molecule has 0 aromatic heterocycles. The molecule has 0 aromatic carbocycles. The highest BCUT2D eigenvalue weighted by Gasteiger charge is 2.18. The predicted molar refractivity (Wildman–Crippen MR) is 40.3 cm³/mol. The summed E-state index contributed by atoms with van der Waals surface area (Å²) in [4.78, 5) is 11.1. The second-order valence-electron chi connectivity index (χ2n) is 2.47. The molecule has 4 nitrogen and oxygen atoms in total. The number of dihydropyridines is 1. The Bertz CT molecular complexity index is 254. The lowest BCUT2D eigenvalue weighted by Gasteiger charge is -2.22. The number of allylic oxidation sites excluding steroid dienone is 1. The summed E-state index contributed by atoms with van der Waals surface area (Å²) in [6.07, 6.45) is 3.71. The third kappa shape index (κ3) is 0.960. The first kappa shape index (κ1) is 6.27. The number of carbonyl (C=O) groups is 1. The molecule has 11 heavy (non-hydrogen) atoms. The first-order chi connectivity index (χ1) is 5.38. The third-order valence-corrected chi connectivity index (χ3v) is 1.77. The number of carbonyl (C=O) groups excluding carboxylic acids is 1. The van der Waals surface area contributed by atoms with Crippen LogP contribution in [0, 0.1) is 0 Å². The van der Waals surface area contributed by atoms with Gasteiger partial charge in [-0.1, -0.05) is 0 Å². The molecule has 4 heteroatoms. The largest absolute Gasteiger partial charge is 0.386 e. The molecule has 2 heterocycles. The second-order valence-corrected chi connectivity index (χ2v) is 2.47. The van der Waals surface area contributed by atoms with E-state index in [0.717, 1.165) is 11.3 Å². The van der Waals surface area contributed by atoms with Crippen LogP contribution in [0.5, 0.6) is 0 Å². The minimum atomic E-state index is 0.0237. The maximum atomic E-state index is 11.1. The van der Waals surface area contributed by atoms with E-state index in [1.54, 1.807) is 0 Å². The SMILES string of the molecule is O=C1NCNC2=C1CNC=C2. The van der Waals surface area contributed by atoms with E-state index < -0.39 is 0 Å². The maximum Gasteiger partial charge on any atom is 0.252 e. The van der Waals surface area contributed by atoms with E-state index in [-0.39, 0.29) is 5.91 Å². The molecular weight excluding hydrogens is 142 g/mol. The molecule has 0 spiro atoms. The lowest BCUT2D eigenvalue weighted by molar-refractivity contribution is -0.118. The Hall–Kier alpha value is -1.45. The van der Waals surface area contributed by atoms with Gasteiger partial charge >= 0.3 is 0 Å². The van der Waals surface area contributed by atoms with Crippen LogP contribution in [0.1, 0.15) is 0 Å².